The first-order valence-electron chi connectivity index (χ1n) is 14.7. The van der Waals surface area contributed by atoms with Crippen molar-refractivity contribution in [2.45, 2.75) is 79.6 Å². The summed E-state index contributed by atoms with van der Waals surface area (Å²) in [6.45, 7) is 13.2. The molecule has 0 N–H and O–H groups in total. The van der Waals surface area contributed by atoms with Crippen LogP contribution in [-0.2, 0) is 0 Å². The molecule has 0 fully saturated rings. The van der Waals surface area contributed by atoms with Crippen molar-refractivity contribution in [1.82, 2.24) is 0 Å². The number of hydrogen-bond donors (Lipinski definition) is 0. The molecule has 0 spiro atoms. The normalized spacial score (nSPS) is 17.7. The lowest BCUT2D eigenvalue weighted by Crippen LogP contribution is -2.00. The molecule has 0 nitrogen and oxygen atoms in total. The highest BCUT2D eigenvalue weighted by atomic mass is 14.1. The number of allylic oxidation sites excluding steroid dienone is 14. The van der Waals surface area contributed by atoms with Crippen LogP contribution in [0.3, 0.4) is 0 Å². The lowest BCUT2D eigenvalue weighted by atomic mass is 9.90. The molecule has 0 heteroatoms. The first kappa shape index (κ1) is 30.2. The van der Waals surface area contributed by atoms with Crippen molar-refractivity contribution in [3.63, 3.8) is 0 Å². The third-order valence-corrected chi connectivity index (χ3v) is 7.53. The maximum Gasteiger partial charge on any atom is -0.0101 e. The Bertz CT molecular complexity index is 1250. The van der Waals surface area contributed by atoms with E-state index in [9.17, 15) is 0 Å². The molecule has 2 unspecified atom stereocenters. The summed E-state index contributed by atoms with van der Waals surface area (Å²) in [5, 5.41) is 0. The van der Waals surface area contributed by atoms with E-state index >= 15 is 0 Å². The lowest BCUT2D eigenvalue weighted by molar-refractivity contribution is 0.643. The van der Waals surface area contributed by atoms with Crippen molar-refractivity contribution in [2.75, 3.05) is 0 Å². The van der Waals surface area contributed by atoms with Gasteiger partial charge in [-0.25, -0.2) is 0 Å². The van der Waals surface area contributed by atoms with Crippen molar-refractivity contribution in [2.24, 2.45) is 5.92 Å². The lowest BCUT2D eigenvalue weighted by Gasteiger charge is -2.16. The predicted octanol–water partition coefficient (Wildman–Crippen LogP) is 11.6. The molecule has 2 atom stereocenters. The van der Waals surface area contributed by atoms with Gasteiger partial charge in [0.05, 0.1) is 0 Å². The molecule has 2 aromatic rings. The van der Waals surface area contributed by atoms with E-state index in [0.717, 1.165) is 32.1 Å². The fourth-order valence-corrected chi connectivity index (χ4v) is 4.88. The van der Waals surface area contributed by atoms with Gasteiger partial charge in [-0.2, -0.15) is 0 Å². The molecule has 0 saturated carbocycles. The molecule has 0 aliphatic heterocycles. The summed E-state index contributed by atoms with van der Waals surface area (Å²) in [6, 6.07) is 17.7. The standard InChI is InChI=1S/C39H48/c1-7-10-38(39-27-18-32(4)19-28-39)26-17-30(2)13-14-33(5)29-36-22-20-35(21-23-36)12-9-8-11-34(6)37-24-15-31(3)16-25-37/h7-10,13-16,18-22,24-28,34,36H,11-12,17,23,29H2,1-6H3/b9-8-,10-7-,30-13+,33-14+,38-26+. The average Bonchev–Trinajstić information content (AvgIpc) is 2.94. The zero-order valence-corrected chi connectivity index (χ0v) is 25.1. The van der Waals surface area contributed by atoms with Crippen LogP contribution in [0.15, 0.2) is 126 Å². The van der Waals surface area contributed by atoms with Gasteiger partial charge in [-0.05, 0) is 101 Å². The van der Waals surface area contributed by atoms with E-state index in [-0.39, 0.29) is 0 Å². The first-order chi connectivity index (χ1) is 18.8. The second-order valence-corrected chi connectivity index (χ2v) is 11.3. The Morgan fingerprint density at radius 1 is 0.897 bits per heavy atom. The molecule has 0 saturated heterocycles. The highest BCUT2D eigenvalue weighted by molar-refractivity contribution is 5.74. The number of benzene rings is 2. The van der Waals surface area contributed by atoms with Gasteiger partial charge in [0.15, 0.2) is 0 Å². The van der Waals surface area contributed by atoms with E-state index in [1.807, 2.05) is 0 Å². The monoisotopic (exact) mass is 516 g/mol. The highest BCUT2D eigenvalue weighted by Gasteiger charge is 2.09. The molecule has 0 heterocycles. The molecular formula is C39H48. The molecular weight excluding hydrogens is 468 g/mol. The van der Waals surface area contributed by atoms with Crippen LogP contribution in [0.1, 0.15) is 88.0 Å². The van der Waals surface area contributed by atoms with Crippen LogP contribution in [0.2, 0.25) is 0 Å². The van der Waals surface area contributed by atoms with Crippen LogP contribution in [0.5, 0.6) is 0 Å². The summed E-state index contributed by atoms with van der Waals surface area (Å²) in [5.41, 5.74) is 10.9. The van der Waals surface area contributed by atoms with Crippen molar-refractivity contribution in [3.05, 3.63) is 148 Å². The quantitative estimate of drug-likeness (QED) is 0.194. The largest absolute Gasteiger partial charge is 0.0876 e. The molecule has 0 amide bonds. The summed E-state index contributed by atoms with van der Waals surface area (Å²) in [6.07, 6.45) is 28.5. The van der Waals surface area contributed by atoms with Gasteiger partial charge < -0.3 is 0 Å². The molecule has 0 aromatic heterocycles. The number of rotatable bonds is 12. The number of aryl methyl sites for hydroxylation is 2. The van der Waals surface area contributed by atoms with E-state index < -0.39 is 0 Å². The fraction of sp³-hybridized carbons (Fsp3) is 0.333. The Hall–Kier alpha value is -3.38. The van der Waals surface area contributed by atoms with Crippen LogP contribution >= 0.6 is 0 Å². The maximum absolute atomic E-state index is 2.44. The van der Waals surface area contributed by atoms with Crippen LogP contribution in [-0.4, -0.2) is 0 Å². The van der Waals surface area contributed by atoms with Crippen LogP contribution in [0, 0.1) is 19.8 Å². The van der Waals surface area contributed by atoms with Crippen LogP contribution in [0.4, 0.5) is 0 Å². The van der Waals surface area contributed by atoms with Gasteiger partial charge in [0.25, 0.3) is 0 Å². The first-order valence-corrected chi connectivity index (χ1v) is 14.7. The second kappa shape index (κ2) is 15.9. The Balaban J connectivity index is 1.44. The maximum atomic E-state index is 2.44. The van der Waals surface area contributed by atoms with Gasteiger partial charge in [-0.15, -0.1) is 0 Å². The Morgan fingerprint density at radius 2 is 1.56 bits per heavy atom. The van der Waals surface area contributed by atoms with Crippen molar-refractivity contribution < 1.29 is 0 Å². The van der Waals surface area contributed by atoms with Gasteiger partial charge in [0.2, 0.25) is 0 Å². The number of hydrogen-bond acceptors (Lipinski definition) is 0. The SMILES string of the molecule is C/C=C\C(=C/C/C(C)=C/C=C(\C)CC1C=CC(C/C=C\CC(C)c2ccc(C)cc2)=CC1)c1ccc(C)cc1. The molecule has 204 valence electrons. The minimum absolute atomic E-state index is 0.564. The van der Waals surface area contributed by atoms with E-state index in [2.05, 4.69) is 151 Å². The summed E-state index contributed by atoms with van der Waals surface area (Å²) >= 11 is 0. The second-order valence-electron chi connectivity index (χ2n) is 11.3. The molecule has 2 aromatic carbocycles. The van der Waals surface area contributed by atoms with E-state index in [0.29, 0.717) is 11.8 Å². The molecule has 0 bridgehead atoms. The molecule has 1 aliphatic rings. The minimum atomic E-state index is 0.564. The van der Waals surface area contributed by atoms with Gasteiger partial charge >= 0.3 is 0 Å². The summed E-state index contributed by atoms with van der Waals surface area (Å²) in [5.74, 6) is 1.17. The third-order valence-electron chi connectivity index (χ3n) is 7.53. The Kier molecular flexibility index (Phi) is 12.3. The molecule has 39 heavy (non-hydrogen) atoms. The van der Waals surface area contributed by atoms with E-state index in [1.165, 1.54) is 44.5 Å². The zero-order valence-electron chi connectivity index (χ0n) is 25.1. The zero-order chi connectivity index (χ0) is 28.0. The summed E-state index contributed by atoms with van der Waals surface area (Å²) in [7, 11) is 0. The fourth-order valence-electron chi connectivity index (χ4n) is 4.88. The predicted molar refractivity (Wildman–Crippen MR) is 174 cm³/mol. The van der Waals surface area contributed by atoms with Crippen LogP contribution in [0.25, 0.3) is 5.57 Å². The van der Waals surface area contributed by atoms with Gasteiger partial charge in [-0.1, -0.05) is 138 Å². The summed E-state index contributed by atoms with van der Waals surface area (Å²) < 4.78 is 0. The van der Waals surface area contributed by atoms with Crippen molar-refractivity contribution in [1.29, 1.82) is 0 Å². The topological polar surface area (TPSA) is 0 Å². The van der Waals surface area contributed by atoms with E-state index in [1.54, 1.807) is 0 Å². The average molecular weight is 517 g/mol. The van der Waals surface area contributed by atoms with Gasteiger partial charge in [0, 0.05) is 0 Å². The summed E-state index contributed by atoms with van der Waals surface area (Å²) in [4.78, 5) is 0. The molecule has 0 radical (unpaired) electrons. The van der Waals surface area contributed by atoms with Crippen molar-refractivity contribution in [3.8, 4) is 0 Å². The smallest absolute Gasteiger partial charge is 0.0101 e. The molecule has 3 rings (SSSR count). The van der Waals surface area contributed by atoms with Crippen LogP contribution < -0.4 is 0 Å². The Morgan fingerprint density at radius 3 is 2.21 bits per heavy atom. The van der Waals surface area contributed by atoms with Gasteiger partial charge in [0.1, 0.15) is 0 Å². The van der Waals surface area contributed by atoms with Crippen molar-refractivity contribution >= 4 is 5.57 Å². The minimum Gasteiger partial charge on any atom is -0.0876 e. The molecule has 1 aliphatic carbocycles. The van der Waals surface area contributed by atoms with Gasteiger partial charge in [-0.3, -0.25) is 0 Å². The Labute approximate surface area is 239 Å². The highest BCUT2D eigenvalue weighted by Crippen LogP contribution is 2.26. The third kappa shape index (κ3) is 10.7. The van der Waals surface area contributed by atoms with E-state index in [4.69, 9.17) is 0 Å².